The molecule has 3 aromatic rings. The molecule has 0 spiro atoms. The van der Waals surface area contributed by atoms with E-state index < -0.39 is 18.2 Å². The van der Waals surface area contributed by atoms with Gasteiger partial charge in [-0.15, -0.1) is 0 Å². The fourth-order valence-electron chi connectivity index (χ4n) is 2.62. The van der Waals surface area contributed by atoms with Crippen molar-refractivity contribution >= 4 is 12.2 Å². The van der Waals surface area contributed by atoms with Crippen LogP contribution in [0.5, 0.6) is 0 Å². The molecule has 0 fully saturated rings. The van der Waals surface area contributed by atoms with Crippen molar-refractivity contribution in [2.45, 2.75) is 12.6 Å². The third-order valence-electron chi connectivity index (χ3n) is 3.82. The van der Waals surface area contributed by atoms with Crippen LogP contribution in [0.25, 0.3) is 11.3 Å². The van der Waals surface area contributed by atoms with Gasteiger partial charge < -0.3 is 0 Å². The Morgan fingerprint density at radius 1 is 1.17 bits per heavy atom. The van der Waals surface area contributed by atoms with Crippen molar-refractivity contribution in [1.29, 1.82) is 5.26 Å². The van der Waals surface area contributed by atoms with Crippen LogP contribution in [0.15, 0.2) is 64.5 Å². The van der Waals surface area contributed by atoms with Crippen LogP contribution in [0.1, 0.15) is 16.7 Å². The molecule has 0 aliphatic rings. The number of H-pyrrole nitrogens is 1. The Bertz CT molecular complexity index is 1130. The molecule has 0 unspecified atom stereocenters. The lowest BCUT2D eigenvalue weighted by molar-refractivity contribution is -0.127. The molecule has 0 aliphatic heterocycles. The summed E-state index contributed by atoms with van der Waals surface area (Å²) in [5.41, 5.74) is 3.10. The minimum atomic E-state index is -4.30. The van der Waals surface area contributed by atoms with Crippen molar-refractivity contribution in [2.75, 3.05) is 5.43 Å². The summed E-state index contributed by atoms with van der Waals surface area (Å²) in [4.78, 5) is 18.8. The molecule has 9 heteroatoms. The number of halogens is 3. The molecule has 0 atom stereocenters. The molecule has 1 heterocycles. The third-order valence-corrected chi connectivity index (χ3v) is 3.82. The molecule has 146 valence electrons. The number of hydrazone groups is 1. The average Bonchev–Trinajstić information content (AvgIpc) is 2.67. The van der Waals surface area contributed by atoms with Gasteiger partial charge in [-0.3, -0.25) is 9.78 Å². The van der Waals surface area contributed by atoms with Gasteiger partial charge in [-0.05, 0) is 17.2 Å². The molecule has 0 saturated carbocycles. The summed E-state index contributed by atoms with van der Waals surface area (Å²) in [5, 5.41) is 13.2. The monoisotopic (exact) mass is 397 g/mol. The average molecular weight is 397 g/mol. The Kier molecular flexibility index (Phi) is 5.74. The van der Waals surface area contributed by atoms with Crippen molar-refractivity contribution in [3.8, 4) is 17.3 Å². The van der Waals surface area contributed by atoms with Crippen molar-refractivity contribution in [3.63, 3.8) is 0 Å². The first-order valence-electron chi connectivity index (χ1n) is 8.40. The smallest absolute Gasteiger partial charge is 0.290 e. The van der Waals surface area contributed by atoms with Crippen molar-refractivity contribution in [1.82, 2.24) is 9.97 Å². The molecule has 0 bridgehead atoms. The number of nitrogens with one attached hydrogen (secondary N) is 2. The van der Waals surface area contributed by atoms with Crippen LogP contribution < -0.4 is 11.0 Å². The molecule has 3 rings (SSSR count). The van der Waals surface area contributed by atoms with E-state index in [0.29, 0.717) is 11.1 Å². The SMILES string of the molecule is N#Cc1c(-c2ccccc2)nc(NN=Cc2cccc(CC(F)(F)F)c2)[nH]c1=O. The largest absolute Gasteiger partial charge is 0.393 e. The zero-order valence-corrected chi connectivity index (χ0v) is 14.9. The fourth-order valence-corrected chi connectivity index (χ4v) is 2.62. The van der Waals surface area contributed by atoms with Gasteiger partial charge in [0.15, 0.2) is 0 Å². The number of rotatable bonds is 5. The molecule has 29 heavy (non-hydrogen) atoms. The van der Waals surface area contributed by atoms with Crippen molar-refractivity contribution in [2.24, 2.45) is 5.10 Å². The quantitative estimate of drug-likeness (QED) is 0.505. The molecule has 2 N–H and O–H groups in total. The number of hydrogen-bond acceptors (Lipinski definition) is 5. The summed E-state index contributed by atoms with van der Waals surface area (Å²) in [5.74, 6) is -0.00412. The van der Waals surface area contributed by atoms with Crippen LogP contribution in [0.4, 0.5) is 19.1 Å². The number of nitriles is 1. The van der Waals surface area contributed by atoms with Crippen LogP contribution in [-0.4, -0.2) is 22.4 Å². The van der Waals surface area contributed by atoms with Crippen LogP contribution >= 0.6 is 0 Å². The minimum Gasteiger partial charge on any atom is -0.290 e. The number of nitrogens with zero attached hydrogens (tertiary/aromatic N) is 3. The first-order chi connectivity index (χ1) is 13.9. The first kappa shape index (κ1) is 19.8. The number of benzene rings is 2. The van der Waals surface area contributed by atoms with Crippen LogP contribution in [0, 0.1) is 11.3 Å². The Morgan fingerprint density at radius 2 is 1.93 bits per heavy atom. The highest BCUT2D eigenvalue weighted by Crippen LogP contribution is 2.22. The van der Waals surface area contributed by atoms with Crippen LogP contribution in [0.2, 0.25) is 0 Å². The maximum atomic E-state index is 12.5. The van der Waals surface area contributed by atoms with E-state index in [9.17, 15) is 23.2 Å². The molecule has 6 nitrogen and oxygen atoms in total. The van der Waals surface area contributed by atoms with Gasteiger partial charge in [0.25, 0.3) is 5.56 Å². The molecule has 0 saturated heterocycles. The lowest BCUT2D eigenvalue weighted by atomic mass is 10.1. The summed E-state index contributed by atoms with van der Waals surface area (Å²) >= 11 is 0. The second kappa shape index (κ2) is 8.39. The number of aromatic amines is 1. The van der Waals surface area contributed by atoms with Gasteiger partial charge >= 0.3 is 6.18 Å². The standard InChI is InChI=1S/C20H14F3N5O/c21-20(22,23)10-13-5-4-6-14(9-13)12-25-28-19-26-17(15-7-2-1-3-8-15)16(11-24)18(29)27-19/h1-9,12H,10H2,(H2,26,27,28,29). The zero-order valence-electron chi connectivity index (χ0n) is 14.9. The first-order valence-corrected chi connectivity index (χ1v) is 8.40. The van der Waals surface area contributed by atoms with E-state index in [4.69, 9.17) is 0 Å². The number of alkyl halides is 3. The molecular weight excluding hydrogens is 383 g/mol. The van der Waals surface area contributed by atoms with E-state index in [0.717, 1.165) is 0 Å². The van der Waals surface area contributed by atoms with Gasteiger partial charge in [0.1, 0.15) is 11.6 Å². The Labute approximate surface area is 163 Å². The number of anilines is 1. The van der Waals surface area contributed by atoms with E-state index in [1.807, 2.05) is 6.07 Å². The maximum Gasteiger partial charge on any atom is 0.393 e. The normalized spacial score (nSPS) is 11.4. The molecule has 0 radical (unpaired) electrons. The fraction of sp³-hybridized carbons (Fsp3) is 0.100. The van der Waals surface area contributed by atoms with Crippen LogP contribution in [-0.2, 0) is 6.42 Å². The Balaban J connectivity index is 1.83. The second-order valence-corrected chi connectivity index (χ2v) is 6.02. The number of aromatic nitrogens is 2. The van der Waals surface area contributed by atoms with E-state index in [1.165, 1.54) is 24.4 Å². The number of hydrogen-bond donors (Lipinski definition) is 2. The Hall–Kier alpha value is -3.93. The van der Waals surface area contributed by atoms with Gasteiger partial charge in [0, 0.05) is 5.56 Å². The maximum absolute atomic E-state index is 12.5. The van der Waals surface area contributed by atoms with E-state index in [1.54, 1.807) is 36.4 Å². The Morgan fingerprint density at radius 3 is 2.62 bits per heavy atom. The topological polar surface area (TPSA) is 93.9 Å². The highest BCUT2D eigenvalue weighted by Gasteiger charge is 2.27. The summed E-state index contributed by atoms with van der Waals surface area (Å²) < 4.78 is 37.5. The van der Waals surface area contributed by atoms with Crippen molar-refractivity contribution < 1.29 is 13.2 Å². The van der Waals surface area contributed by atoms with E-state index in [-0.39, 0.29) is 22.8 Å². The molecule has 0 amide bonds. The highest BCUT2D eigenvalue weighted by molar-refractivity contribution is 5.80. The van der Waals surface area contributed by atoms with Gasteiger partial charge in [-0.2, -0.15) is 23.5 Å². The summed E-state index contributed by atoms with van der Waals surface area (Å²) in [6.45, 7) is 0. The molecule has 0 aliphatic carbocycles. The predicted octanol–water partition coefficient (Wildman–Crippen LogP) is 3.86. The predicted molar refractivity (Wildman–Crippen MR) is 102 cm³/mol. The summed E-state index contributed by atoms with van der Waals surface area (Å²) in [6.07, 6.45) is -4.03. The lowest BCUT2D eigenvalue weighted by Crippen LogP contribution is -2.16. The van der Waals surface area contributed by atoms with Crippen molar-refractivity contribution in [3.05, 3.63) is 81.6 Å². The summed E-state index contributed by atoms with van der Waals surface area (Å²) in [6, 6.07) is 16.4. The third kappa shape index (κ3) is 5.29. The van der Waals surface area contributed by atoms with E-state index in [2.05, 4.69) is 20.5 Å². The van der Waals surface area contributed by atoms with Gasteiger partial charge in [-0.1, -0.05) is 48.5 Å². The molecule has 2 aromatic carbocycles. The molecular formula is C20H14F3N5O. The zero-order chi connectivity index (χ0) is 20.9. The van der Waals surface area contributed by atoms with Gasteiger partial charge in [0.05, 0.1) is 18.3 Å². The second-order valence-electron chi connectivity index (χ2n) is 6.02. The summed E-state index contributed by atoms with van der Waals surface area (Å²) in [7, 11) is 0. The molecule has 1 aromatic heterocycles. The lowest BCUT2D eigenvalue weighted by Gasteiger charge is -2.07. The van der Waals surface area contributed by atoms with Gasteiger partial charge in [0.2, 0.25) is 5.95 Å². The highest BCUT2D eigenvalue weighted by atomic mass is 19.4. The van der Waals surface area contributed by atoms with Crippen LogP contribution in [0.3, 0.4) is 0 Å². The van der Waals surface area contributed by atoms with E-state index >= 15 is 0 Å². The van der Waals surface area contributed by atoms with Gasteiger partial charge in [-0.25, -0.2) is 10.4 Å². The minimum absolute atomic E-state index is 0.00412.